The van der Waals surface area contributed by atoms with Crippen LogP contribution in [0.5, 0.6) is 0 Å². The number of isocyanates is 1. The molecule has 0 bridgehead atoms. The van der Waals surface area contributed by atoms with Crippen molar-refractivity contribution in [3.63, 3.8) is 0 Å². The summed E-state index contributed by atoms with van der Waals surface area (Å²) in [6.45, 7) is -1.53. The highest BCUT2D eigenvalue weighted by molar-refractivity contribution is 7.85. The van der Waals surface area contributed by atoms with E-state index in [9.17, 15) is 35.2 Å². The van der Waals surface area contributed by atoms with E-state index in [0.717, 1.165) is 0 Å². The van der Waals surface area contributed by atoms with Crippen molar-refractivity contribution < 1.29 is 39.3 Å². The predicted octanol–water partition coefficient (Wildman–Crippen LogP) is 1.48. The fraction of sp³-hybridized carbons (Fsp3) is 0.125. The average Bonchev–Trinajstić information content (AvgIpc) is 2.34. The number of rotatable bonds is 4. The highest BCUT2D eigenvalue weighted by Crippen LogP contribution is 2.24. The van der Waals surface area contributed by atoms with Crippen molar-refractivity contribution in [1.82, 2.24) is 0 Å². The maximum atomic E-state index is 13.1. The topological polar surface area (TPSA) is 72.8 Å². The maximum absolute atomic E-state index is 13.1. The van der Waals surface area contributed by atoms with E-state index in [1.807, 2.05) is 0 Å². The van der Waals surface area contributed by atoms with E-state index in [1.54, 1.807) is 0 Å². The molecule has 1 aromatic carbocycles. The largest absolute Gasteiger partial charge is 0.391 e. The SMILES string of the molecule is O=C=NS(=O)(=O)OCc1c(F)c(F)c(F)c(F)c1F. The number of benzene rings is 1. The van der Waals surface area contributed by atoms with Crippen LogP contribution < -0.4 is 0 Å². The van der Waals surface area contributed by atoms with Gasteiger partial charge in [0.15, 0.2) is 23.3 Å². The minimum atomic E-state index is -4.87. The molecule has 0 atom stereocenters. The fourth-order valence-corrected chi connectivity index (χ4v) is 1.39. The Hall–Kier alpha value is -1.84. The molecule has 0 aliphatic carbocycles. The molecular weight excluding hydrogens is 301 g/mol. The van der Waals surface area contributed by atoms with Crippen LogP contribution in [0.4, 0.5) is 22.0 Å². The molecule has 5 nitrogen and oxygen atoms in total. The zero-order chi connectivity index (χ0) is 14.8. The molecule has 11 heteroatoms. The molecule has 0 saturated carbocycles. The van der Waals surface area contributed by atoms with Gasteiger partial charge in [0.25, 0.3) is 6.08 Å². The summed E-state index contributed by atoms with van der Waals surface area (Å²) in [5.74, 6) is -11.4. The van der Waals surface area contributed by atoms with Gasteiger partial charge in [-0.25, -0.2) is 30.9 Å². The molecule has 0 fully saturated rings. The summed E-state index contributed by atoms with van der Waals surface area (Å²) in [5.41, 5.74) is -1.51. The number of carbonyl (C=O) groups excluding carboxylic acids is 1. The Labute approximate surface area is 102 Å². The lowest BCUT2D eigenvalue weighted by molar-refractivity contribution is 0.283. The Morgan fingerprint density at radius 1 is 0.947 bits per heavy atom. The van der Waals surface area contributed by atoms with Crippen LogP contribution in [0.3, 0.4) is 0 Å². The first-order valence-corrected chi connectivity index (χ1v) is 5.56. The second kappa shape index (κ2) is 5.43. The first kappa shape index (κ1) is 15.2. The number of halogens is 5. The molecule has 0 aliphatic rings. The highest BCUT2D eigenvalue weighted by atomic mass is 32.2. The third-order valence-electron chi connectivity index (χ3n) is 1.80. The van der Waals surface area contributed by atoms with Crippen LogP contribution in [0.25, 0.3) is 0 Å². The second-order valence-electron chi connectivity index (χ2n) is 2.92. The molecule has 0 radical (unpaired) electrons. The van der Waals surface area contributed by atoms with Crippen LogP contribution in [-0.4, -0.2) is 14.5 Å². The summed E-state index contributed by atoms with van der Waals surface area (Å²) in [6.07, 6.45) is 0.572. The standard InChI is InChI=1S/C8H2F5NO4S/c9-4-3(1-18-19(16,17)14-2-15)5(10)7(12)8(13)6(4)11/h1H2. The van der Waals surface area contributed by atoms with Gasteiger partial charge in [-0.3, -0.25) is 0 Å². The Bertz CT molecular complexity index is 639. The molecular formula is C8H2F5NO4S. The zero-order valence-electron chi connectivity index (χ0n) is 8.59. The molecule has 0 heterocycles. The van der Waals surface area contributed by atoms with Gasteiger partial charge in [0, 0.05) is 0 Å². The zero-order valence-corrected chi connectivity index (χ0v) is 9.40. The van der Waals surface area contributed by atoms with E-state index in [-0.39, 0.29) is 0 Å². The molecule has 0 amide bonds. The summed E-state index contributed by atoms with van der Waals surface area (Å²) in [4.78, 5) is 9.65. The molecule has 0 aliphatic heterocycles. The fourth-order valence-electron chi connectivity index (χ4n) is 0.982. The number of hydrogen-bond donors (Lipinski definition) is 0. The summed E-state index contributed by atoms with van der Waals surface area (Å²) >= 11 is 0. The van der Waals surface area contributed by atoms with Crippen LogP contribution in [0.1, 0.15) is 5.56 Å². The minimum absolute atomic E-state index is 0.572. The van der Waals surface area contributed by atoms with Crippen LogP contribution >= 0.6 is 0 Å². The van der Waals surface area contributed by atoms with Crippen LogP contribution in [0.15, 0.2) is 4.40 Å². The van der Waals surface area contributed by atoms with E-state index in [4.69, 9.17) is 0 Å². The van der Waals surface area contributed by atoms with Crippen molar-refractivity contribution in [2.24, 2.45) is 4.40 Å². The normalized spacial score (nSPS) is 11.2. The molecule has 1 aromatic rings. The van der Waals surface area contributed by atoms with E-state index in [2.05, 4.69) is 8.58 Å². The molecule has 104 valence electrons. The number of hydrogen-bond acceptors (Lipinski definition) is 4. The summed E-state index contributed by atoms with van der Waals surface area (Å²) in [5, 5.41) is 0. The second-order valence-corrected chi connectivity index (χ2v) is 4.19. The van der Waals surface area contributed by atoms with Crippen molar-refractivity contribution in [2.75, 3.05) is 0 Å². The van der Waals surface area contributed by atoms with Crippen molar-refractivity contribution in [3.05, 3.63) is 34.6 Å². The lowest BCUT2D eigenvalue weighted by Crippen LogP contribution is -2.10. The van der Waals surface area contributed by atoms with Gasteiger partial charge in [-0.05, 0) is 0 Å². The highest BCUT2D eigenvalue weighted by Gasteiger charge is 2.26. The average molecular weight is 303 g/mol. The van der Waals surface area contributed by atoms with Crippen molar-refractivity contribution >= 4 is 16.4 Å². The molecule has 19 heavy (non-hydrogen) atoms. The molecule has 0 aromatic heterocycles. The third-order valence-corrected chi connectivity index (χ3v) is 2.52. The quantitative estimate of drug-likeness (QED) is 0.278. The van der Waals surface area contributed by atoms with Crippen molar-refractivity contribution in [1.29, 1.82) is 0 Å². The van der Waals surface area contributed by atoms with Gasteiger partial charge in [0.05, 0.1) is 12.2 Å². The lowest BCUT2D eigenvalue weighted by atomic mass is 10.2. The third kappa shape index (κ3) is 3.13. The summed E-state index contributed by atoms with van der Waals surface area (Å²) < 4.78 is 91.5. The Balaban J connectivity index is 3.20. The Morgan fingerprint density at radius 2 is 1.37 bits per heavy atom. The van der Waals surface area contributed by atoms with Gasteiger partial charge in [-0.1, -0.05) is 4.40 Å². The first-order chi connectivity index (χ1) is 8.71. The van der Waals surface area contributed by atoms with E-state index >= 15 is 0 Å². The van der Waals surface area contributed by atoms with E-state index in [0.29, 0.717) is 6.08 Å². The predicted molar refractivity (Wildman–Crippen MR) is 48.1 cm³/mol. The molecule has 0 spiro atoms. The Kier molecular flexibility index (Phi) is 4.35. The first-order valence-electron chi connectivity index (χ1n) is 4.20. The number of nitrogens with zero attached hydrogens (tertiary/aromatic N) is 1. The van der Waals surface area contributed by atoms with E-state index < -0.39 is 51.6 Å². The van der Waals surface area contributed by atoms with Gasteiger partial charge < -0.3 is 0 Å². The van der Waals surface area contributed by atoms with Gasteiger partial charge >= 0.3 is 10.3 Å². The van der Waals surface area contributed by atoms with Crippen molar-refractivity contribution in [3.8, 4) is 0 Å². The lowest BCUT2D eigenvalue weighted by Gasteiger charge is -2.07. The monoisotopic (exact) mass is 303 g/mol. The van der Waals surface area contributed by atoms with Gasteiger partial charge in [0.2, 0.25) is 5.82 Å². The van der Waals surface area contributed by atoms with Crippen LogP contribution in [0, 0.1) is 29.1 Å². The molecule has 0 N–H and O–H groups in total. The summed E-state index contributed by atoms with van der Waals surface area (Å²) in [7, 11) is -4.87. The minimum Gasteiger partial charge on any atom is -0.247 e. The van der Waals surface area contributed by atoms with E-state index in [1.165, 1.54) is 0 Å². The van der Waals surface area contributed by atoms with Gasteiger partial charge in [-0.15, -0.1) is 0 Å². The maximum Gasteiger partial charge on any atom is 0.391 e. The van der Waals surface area contributed by atoms with Crippen LogP contribution in [-0.2, 0) is 25.9 Å². The van der Waals surface area contributed by atoms with Crippen molar-refractivity contribution in [2.45, 2.75) is 6.61 Å². The van der Waals surface area contributed by atoms with Gasteiger partial charge in [0.1, 0.15) is 0 Å². The molecule has 0 saturated heterocycles. The molecule has 1 rings (SSSR count). The molecule has 0 unspecified atom stereocenters. The Morgan fingerprint density at radius 3 is 1.79 bits per heavy atom. The smallest absolute Gasteiger partial charge is 0.247 e. The van der Waals surface area contributed by atoms with Gasteiger partial charge in [-0.2, -0.15) is 8.42 Å². The summed E-state index contributed by atoms with van der Waals surface area (Å²) in [6, 6.07) is 0. The van der Waals surface area contributed by atoms with Crippen LogP contribution in [0.2, 0.25) is 0 Å².